The Bertz CT molecular complexity index is 839. The van der Waals surface area contributed by atoms with E-state index in [0.29, 0.717) is 37.8 Å². The number of piperidine rings is 1. The van der Waals surface area contributed by atoms with Gasteiger partial charge < -0.3 is 19.5 Å². The number of morpholine rings is 1. The van der Waals surface area contributed by atoms with Crippen molar-refractivity contribution < 1.29 is 9.53 Å². The largest absolute Gasteiger partial charge is 0.378 e. The molecule has 2 aromatic rings. The van der Waals surface area contributed by atoms with Crippen LogP contribution < -0.4 is 10.5 Å². The van der Waals surface area contributed by atoms with E-state index in [9.17, 15) is 9.59 Å². The Morgan fingerprint density at radius 1 is 1.07 bits per heavy atom. The zero-order chi connectivity index (χ0) is 18.6. The molecule has 1 N–H and O–H groups in total. The maximum Gasteiger partial charge on any atom is 0.256 e. The summed E-state index contributed by atoms with van der Waals surface area (Å²) in [6.07, 6.45) is 6.21. The number of hydrogen-bond donors (Lipinski definition) is 1. The van der Waals surface area contributed by atoms with Crippen molar-refractivity contribution in [2.75, 3.05) is 44.3 Å². The van der Waals surface area contributed by atoms with Crippen LogP contribution in [0.3, 0.4) is 0 Å². The fourth-order valence-corrected chi connectivity index (χ4v) is 3.53. The molecule has 0 unspecified atom stereocenters. The van der Waals surface area contributed by atoms with E-state index in [0.717, 1.165) is 31.6 Å². The van der Waals surface area contributed by atoms with E-state index in [1.54, 1.807) is 18.5 Å². The van der Waals surface area contributed by atoms with Crippen molar-refractivity contribution in [2.45, 2.75) is 18.8 Å². The molecule has 2 aliphatic heterocycles. The number of aromatic amines is 1. The first kappa shape index (κ1) is 17.6. The molecule has 9 nitrogen and oxygen atoms in total. The highest BCUT2D eigenvalue weighted by molar-refractivity contribution is 5.93. The van der Waals surface area contributed by atoms with E-state index in [4.69, 9.17) is 4.74 Å². The van der Waals surface area contributed by atoms with E-state index < -0.39 is 0 Å². The molecule has 0 aromatic carbocycles. The van der Waals surface area contributed by atoms with Gasteiger partial charge in [0.2, 0.25) is 5.95 Å². The van der Waals surface area contributed by atoms with Crippen LogP contribution in [0.15, 0.2) is 29.6 Å². The fourth-order valence-electron chi connectivity index (χ4n) is 3.53. The highest BCUT2D eigenvalue weighted by Crippen LogP contribution is 2.26. The summed E-state index contributed by atoms with van der Waals surface area (Å²) in [5.41, 5.74) is 1.15. The van der Waals surface area contributed by atoms with Crippen LogP contribution in [0.4, 0.5) is 5.95 Å². The van der Waals surface area contributed by atoms with Crippen LogP contribution >= 0.6 is 0 Å². The minimum absolute atomic E-state index is 0.0548. The SMILES string of the molecule is O=C(c1cnc(N2CCOCC2)nc1)N1CCC(c2cc(=O)[nH]cn2)CC1. The van der Waals surface area contributed by atoms with Crippen molar-refractivity contribution >= 4 is 11.9 Å². The Kier molecular flexibility index (Phi) is 5.10. The first-order valence-electron chi connectivity index (χ1n) is 9.19. The summed E-state index contributed by atoms with van der Waals surface area (Å²) >= 11 is 0. The van der Waals surface area contributed by atoms with Gasteiger partial charge in [0, 0.05) is 50.6 Å². The van der Waals surface area contributed by atoms with Gasteiger partial charge in [-0.05, 0) is 12.8 Å². The van der Waals surface area contributed by atoms with Gasteiger partial charge in [-0.1, -0.05) is 0 Å². The molecule has 1 amide bonds. The minimum Gasteiger partial charge on any atom is -0.378 e. The molecule has 4 heterocycles. The zero-order valence-corrected chi connectivity index (χ0v) is 15.0. The molecule has 0 bridgehead atoms. The van der Waals surface area contributed by atoms with Crippen LogP contribution in [0.2, 0.25) is 0 Å². The molecule has 4 rings (SSSR count). The lowest BCUT2D eigenvalue weighted by molar-refractivity contribution is 0.0711. The molecule has 2 aliphatic rings. The lowest BCUT2D eigenvalue weighted by atomic mass is 9.93. The van der Waals surface area contributed by atoms with Crippen molar-refractivity contribution in [1.82, 2.24) is 24.8 Å². The number of H-pyrrole nitrogens is 1. The number of rotatable bonds is 3. The van der Waals surface area contributed by atoms with Crippen molar-refractivity contribution in [3.05, 3.63) is 46.4 Å². The summed E-state index contributed by atoms with van der Waals surface area (Å²) in [7, 11) is 0. The third-order valence-electron chi connectivity index (χ3n) is 5.08. The Morgan fingerprint density at radius 3 is 2.44 bits per heavy atom. The number of carbonyl (C=O) groups is 1. The molecule has 27 heavy (non-hydrogen) atoms. The van der Waals surface area contributed by atoms with E-state index >= 15 is 0 Å². The first-order chi connectivity index (χ1) is 13.2. The zero-order valence-electron chi connectivity index (χ0n) is 15.0. The summed E-state index contributed by atoms with van der Waals surface area (Å²) in [6.45, 7) is 4.11. The quantitative estimate of drug-likeness (QED) is 0.835. The van der Waals surface area contributed by atoms with Crippen LogP contribution in [-0.4, -0.2) is 70.1 Å². The average Bonchev–Trinajstić information content (AvgIpc) is 2.74. The molecule has 2 saturated heterocycles. The molecule has 142 valence electrons. The van der Waals surface area contributed by atoms with Gasteiger partial charge in [0.05, 0.1) is 30.8 Å². The molecular weight excluding hydrogens is 348 g/mol. The fraction of sp³-hybridized carbons (Fsp3) is 0.500. The second-order valence-corrected chi connectivity index (χ2v) is 6.77. The van der Waals surface area contributed by atoms with E-state index in [1.807, 2.05) is 4.90 Å². The van der Waals surface area contributed by atoms with Crippen LogP contribution in [-0.2, 0) is 4.74 Å². The van der Waals surface area contributed by atoms with E-state index in [1.165, 1.54) is 6.33 Å². The van der Waals surface area contributed by atoms with Gasteiger partial charge in [-0.15, -0.1) is 0 Å². The Labute approximate surface area is 156 Å². The topological polar surface area (TPSA) is 104 Å². The van der Waals surface area contributed by atoms with E-state index in [2.05, 4.69) is 24.8 Å². The first-order valence-corrected chi connectivity index (χ1v) is 9.19. The number of anilines is 1. The molecule has 0 spiro atoms. The van der Waals surface area contributed by atoms with Gasteiger partial charge in [-0.3, -0.25) is 9.59 Å². The molecular formula is C18H22N6O3. The maximum absolute atomic E-state index is 12.7. The number of ether oxygens (including phenoxy) is 1. The standard InChI is InChI=1S/C18H22N6O3/c25-16-9-15(21-12-22-16)13-1-3-23(4-2-13)17(26)14-10-19-18(20-11-14)24-5-7-27-8-6-24/h9-13H,1-8H2,(H,21,22,25). The number of aromatic nitrogens is 4. The third kappa shape index (κ3) is 3.97. The van der Waals surface area contributed by atoms with E-state index in [-0.39, 0.29) is 17.4 Å². The van der Waals surface area contributed by atoms with Crippen LogP contribution in [0.25, 0.3) is 0 Å². The van der Waals surface area contributed by atoms with Crippen molar-refractivity contribution in [3.8, 4) is 0 Å². The predicted molar refractivity (Wildman–Crippen MR) is 97.8 cm³/mol. The van der Waals surface area contributed by atoms with Gasteiger partial charge in [-0.2, -0.15) is 0 Å². The molecule has 9 heteroatoms. The number of likely N-dealkylation sites (tertiary alicyclic amines) is 1. The molecule has 0 atom stereocenters. The minimum atomic E-state index is -0.143. The van der Waals surface area contributed by atoms with Crippen LogP contribution in [0, 0.1) is 0 Å². The van der Waals surface area contributed by atoms with Gasteiger partial charge >= 0.3 is 0 Å². The smallest absolute Gasteiger partial charge is 0.256 e. The van der Waals surface area contributed by atoms with Crippen LogP contribution in [0.1, 0.15) is 34.8 Å². The Morgan fingerprint density at radius 2 is 1.78 bits per heavy atom. The maximum atomic E-state index is 12.7. The summed E-state index contributed by atoms with van der Waals surface area (Å²) in [6, 6.07) is 1.54. The lowest BCUT2D eigenvalue weighted by Gasteiger charge is -2.31. The third-order valence-corrected chi connectivity index (χ3v) is 5.08. The Balaban J connectivity index is 1.37. The molecule has 0 saturated carbocycles. The van der Waals surface area contributed by atoms with Gasteiger partial charge in [-0.25, -0.2) is 15.0 Å². The molecule has 0 aliphatic carbocycles. The highest BCUT2D eigenvalue weighted by atomic mass is 16.5. The number of carbonyl (C=O) groups excluding carboxylic acids is 1. The lowest BCUT2D eigenvalue weighted by Crippen LogP contribution is -2.39. The Hall–Kier alpha value is -2.81. The van der Waals surface area contributed by atoms with Gasteiger partial charge in [0.1, 0.15) is 0 Å². The number of hydrogen-bond acceptors (Lipinski definition) is 7. The summed E-state index contributed by atoms with van der Waals surface area (Å²) < 4.78 is 5.33. The predicted octanol–water partition coefficient (Wildman–Crippen LogP) is 0.416. The van der Waals surface area contributed by atoms with Gasteiger partial charge in [0.25, 0.3) is 11.5 Å². The molecule has 2 fully saturated rings. The summed E-state index contributed by atoms with van der Waals surface area (Å²) in [5, 5.41) is 0. The normalized spacial score (nSPS) is 18.5. The number of amides is 1. The van der Waals surface area contributed by atoms with Crippen molar-refractivity contribution in [1.29, 1.82) is 0 Å². The summed E-state index contributed by atoms with van der Waals surface area (Å²) in [4.78, 5) is 43.5. The summed E-state index contributed by atoms with van der Waals surface area (Å²) in [5.74, 6) is 0.783. The molecule has 2 aromatic heterocycles. The van der Waals surface area contributed by atoms with Gasteiger partial charge in [0.15, 0.2) is 0 Å². The second-order valence-electron chi connectivity index (χ2n) is 6.77. The average molecular weight is 370 g/mol. The second kappa shape index (κ2) is 7.83. The van der Waals surface area contributed by atoms with Crippen LogP contribution in [0.5, 0.6) is 0 Å². The van der Waals surface area contributed by atoms with Crippen molar-refractivity contribution in [2.24, 2.45) is 0 Å². The van der Waals surface area contributed by atoms with Crippen molar-refractivity contribution in [3.63, 3.8) is 0 Å². The highest BCUT2D eigenvalue weighted by Gasteiger charge is 2.26. The number of nitrogens with one attached hydrogen (secondary N) is 1. The number of nitrogens with zero attached hydrogens (tertiary/aromatic N) is 5. The monoisotopic (exact) mass is 370 g/mol. The molecule has 0 radical (unpaired) electrons.